The molecule has 3 nitrogen and oxygen atoms in total. The second-order valence-corrected chi connectivity index (χ2v) is 15.3. The van der Waals surface area contributed by atoms with Crippen molar-refractivity contribution < 1.29 is 13.6 Å². The Morgan fingerprint density at radius 1 is 0.565 bits per heavy atom. The van der Waals surface area contributed by atoms with Crippen molar-refractivity contribution in [3.05, 3.63) is 0 Å². The van der Waals surface area contributed by atoms with Crippen molar-refractivity contribution in [1.82, 2.24) is 0 Å². The summed E-state index contributed by atoms with van der Waals surface area (Å²) in [5, 5.41) is 0. The van der Waals surface area contributed by atoms with E-state index in [-0.39, 0.29) is 0 Å². The van der Waals surface area contributed by atoms with E-state index in [9.17, 15) is 0 Å². The summed E-state index contributed by atoms with van der Waals surface area (Å²) in [6.07, 6.45) is 5.20. The molecule has 0 unspecified atom stereocenters. The van der Waals surface area contributed by atoms with Gasteiger partial charge in [0.1, 0.15) is 12.2 Å². The van der Waals surface area contributed by atoms with Crippen molar-refractivity contribution >= 4 is 16.6 Å². The van der Waals surface area contributed by atoms with Gasteiger partial charge in [-0.25, -0.2) is 0 Å². The van der Waals surface area contributed by atoms with E-state index >= 15 is 0 Å². The third-order valence-electron chi connectivity index (χ3n) is 5.01. The molecule has 0 aromatic carbocycles. The highest BCUT2D eigenvalue weighted by Crippen LogP contribution is 2.21. The van der Waals surface area contributed by atoms with Crippen molar-refractivity contribution in [3.8, 4) is 24.1 Å². The molecule has 0 aromatic rings. The first kappa shape index (κ1) is 22.3. The average molecular weight is 355 g/mol. The van der Waals surface area contributed by atoms with Crippen LogP contribution >= 0.6 is 0 Å². The first-order valence-corrected chi connectivity index (χ1v) is 14.0. The maximum Gasteiger partial charge on any atom is 0.193 e. The van der Waals surface area contributed by atoms with Gasteiger partial charge in [0, 0.05) is 0 Å². The van der Waals surface area contributed by atoms with Crippen LogP contribution in [-0.4, -0.2) is 29.8 Å². The van der Waals surface area contributed by atoms with E-state index in [1.165, 1.54) is 0 Å². The SMILES string of the molecule is CC[Si](CC)(CC)OCC#COC#CCO[Si](CC)(CC)CC. The van der Waals surface area contributed by atoms with Gasteiger partial charge in [-0.3, -0.25) is 0 Å². The van der Waals surface area contributed by atoms with E-state index in [0.29, 0.717) is 13.2 Å². The van der Waals surface area contributed by atoms with Gasteiger partial charge in [-0.05, 0) is 48.1 Å². The van der Waals surface area contributed by atoms with Crippen LogP contribution in [0, 0.1) is 24.1 Å². The largest absolute Gasteiger partial charge is 0.406 e. The lowest BCUT2D eigenvalue weighted by Gasteiger charge is -2.26. The monoisotopic (exact) mass is 354 g/mol. The fourth-order valence-corrected chi connectivity index (χ4v) is 7.63. The molecular formula is C18H34O3Si2. The van der Waals surface area contributed by atoms with Crippen LogP contribution in [0.25, 0.3) is 0 Å². The molecule has 0 radical (unpaired) electrons. The summed E-state index contributed by atoms with van der Waals surface area (Å²) < 4.78 is 17.0. The molecule has 132 valence electrons. The Balaban J connectivity index is 4.11. The zero-order valence-electron chi connectivity index (χ0n) is 15.9. The molecule has 0 bridgehead atoms. The lowest BCUT2D eigenvalue weighted by Crippen LogP contribution is -2.35. The van der Waals surface area contributed by atoms with Crippen LogP contribution in [0.3, 0.4) is 0 Å². The second kappa shape index (κ2) is 12.7. The van der Waals surface area contributed by atoms with Gasteiger partial charge in [-0.1, -0.05) is 41.5 Å². The predicted molar refractivity (Wildman–Crippen MR) is 103 cm³/mol. The van der Waals surface area contributed by atoms with Gasteiger partial charge in [0.25, 0.3) is 0 Å². The van der Waals surface area contributed by atoms with Crippen LogP contribution in [0.15, 0.2) is 0 Å². The predicted octanol–water partition coefficient (Wildman–Crippen LogP) is 4.97. The third kappa shape index (κ3) is 8.08. The Labute approximate surface area is 145 Å². The Bertz CT molecular complexity index is 364. The minimum atomic E-state index is -1.54. The fraction of sp³-hybridized carbons (Fsp3) is 0.778. The van der Waals surface area contributed by atoms with E-state index in [2.05, 4.69) is 65.6 Å². The molecule has 0 aliphatic carbocycles. The molecule has 0 aliphatic heterocycles. The summed E-state index contributed by atoms with van der Waals surface area (Å²) in [4.78, 5) is 0. The Morgan fingerprint density at radius 3 is 1.13 bits per heavy atom. The maximum atomic E-state index is 6.01. The lowest BCUT2D eigenvalue weighted by molar-refractivity contribution is 0.346. The van der Waals surface area contributed by atoms with Crippen molar-refractivity contribution in [2.24, 2.45) is 0 Å². The van der Waals surface area contributed by atoms with Crippen LogP contribution in [0.2, 0.25) is 36.3 Å². The van der Waals surface area contributed by atoms with E-state index in [1.807, 2.05) is 0 Å². The Hall–Kier alpha value is -0.726. The molecule has 23 heavy (non-hydrogen) atoms. The molecule has 0 spiro atoms. The minimum Gasteiger partial charge on any atom is -0.406 e. The minimum absolute atomic E-state index is 0.442. The van der Waals surface area contributed by atoms with Gasteiger partial charge >= 0.3 is 0 Å². The van der Waals surface area contributed by atoms with Crippen molar-refractivity contribution in [1.29, 1.82) is 0 Å². The molecule has 0 heterocycles. The highest BCUT2D eigenvalue weighted by Gasteiger charge is 2.28. The lowest BCUT2D eigenvalue weighted by atomic mass is 10.7. The summed E-state index contributed by atoms with van der Waals surface area (Å²) in [6, 6.07) is 6.82. The number of rotatable bonds is 10. The number of ether oxygens (including phenoxy) is 1. The van der Waals surface area contributed by atoms with Gasteiger partial charge in [-0.15, -0.1) is 0 Å². The molecule has 0 rings (SSSR count). The molecule has 0 saturated carbocycles. The van der Waals surface area contributed by atoms with Crippen LogP contribution in [0.5, 0.6) is 0 Å². The standard InChI is InChI=1S/C18H34O3Si2/c1-7-22(8-2,9-3)20-17-13-15-19-16-14-18-21-23(10-4,11-5)12-6/h7-12,17-18H2,1-6H3. The zero-order valence-corrected chi connectivity index (χ0v) is 17.9. The van der Waals surface area contributed by atoms with E-state index < -0.39 is 16.6 Å². The summed E-state index contributed by atoms with van der Waals surface area (Å²) >= 11 is 0. The van der Waals surface area contributed by atoms with Crippen LogP contribution < -0.4 is 0 Å². The molecule has 0 amide bonds. The Morgan fingerprint density at radius 2 is 0.870 bits per heavy atom. The smallest absolute Gasteiger partial charge is 0.193 e. The van der Waals surface area contributed by atoms with E-state index in [1.54, 1.807) is 0 Å². The highest BCUT2D eigenvalue weighted by molar-refractivity contribution is 6.74. The first-order valence-electron chi connectivity index (χ1n) is 8.96. The summed E-state index contributed by atoms with van der Waals surface area (Å²) in [5.41, 5.74) is 0. The highest BCUT2D eigenvalue weighted by atomic mass is 28.4. The summed E-state index contributed by atoms with van der Waals surface area (Å²) in [5.74, 6) is 5.78. The topological polar surface area (TPSA) is 27.7 Å². The molecule has 0 fully saturated rings. The van der Waals surface area contributed by atoms with Gasteiger partial charge in [-0.2, -0.15) is 0 Å². The zero-order chi connectivity index (χ0) is 17.6. The average Bonchev–Trinajstić information content (AvgIpc) is 2.61. The molecular weight excluding hydrogens is 320 g/mol. The first-order chi connectivity index (χ1) is 11.1. The van der Waals surface area contributed by atoms with Crippen molar-refractivity contribution in [2.45, 2.75) is 77.8 Å². The summed E-state index contributed by atoms with van der Waals surface area (Å²) in [6.45, 7) is 14.1. The molecule has 5 heteroatoms. The van der Waals surface area contributed by atoms with Gasteiger partial charge < -0.3 is 13.6 Å². The maximum absolute atomic E-state index is 6.01. The van der Waals surface area contributed by atoms with Gasteiger partial charge in [0.15, 0.2) is 16.6 Å². The third-order valence-corrected chi connectivity index (χ3v) is 14.3. The summed E-state index contributed by atoms with van der Waals surface area (Å²) in [7, 11) is -3.08. The van der Waals surface area contributed by atoms with Crippen molar-refractivity contribution in [2.75, 3.05) is 13.2 Å². The molecule has 0 N–H and O–H groups in total. The van der Waals surface area contributed by atoms with E-state index in [4.69, 9.17) is 13.6 Å². The normalized spacial score (nSPS) is 11.2. The van der Waals surface area contributed by atoms with E-state index in [0.717, 1.165) is 36.3 Å². The van der Waals surface area contributed by atoms with Gasteiger partial charge in [0.05, 0.1) is 13.2 Å². The van der Waals surface area contributed by atoms with Crippen LogP contribution in [-0.2, 0) is 13.6 Å². The second-order valence-electron chi connectivity index (χ2n) is 5.72. The molecule has 0 aromatic heterocycles. The number of hydrogen-bond donors (Lipinski definition) is 0. The molecule has 0 aliphatic rings. The molecule has 0 atom stereocenters. The Kier molecular flexibility index (Phi) is 12.3. The fourth-order valence-electron chi connectivity index (χ4n) is 2.65. The number of hydrogen-bond acceptors (Lipinski definition) is 3. The van der Waals surface area contributed by atoms with Crippen molar-refractivity contribution in [3.63, 3.8) is 0 Å². The van der Waals surface area contributed by atoms with Crippen LogP contribution in [0.1, 0.15) is 41.5 Å². The molecule has 0 saturated heterocycles. The quantitative estimate of drug-likeness (QED) is 0.409. The van der Waals surface area contributed by atoms with Crippen LogP contribution in [0.4, 0.5) is 0 Å². The van der Waals surface area contributed by atoms with Gasteiger partial charge in [0.2, 0.25) is 0 Å².